The minimum Gasteiger partial charge on any atom is -0.275 e. The Hall–Kier alpha value is -1.69. The van der Waals surface area contributed by atoms with Crippen LogP contribution in [-0.2, 0) is 4.87 Å². The molecule has 118 valence electrons. The molecule has 1 aliphatic rings. The van der Waals surface area contributed by atoms with E-state index in [2.05, 4.69) is 65.5 Å². The van der Waals surface area contributed by atoms with Crippen LogP contribution in [0, 0.1) is 11.8 Å². The lowest BCUT2D eigenvalue weighted by Gasteiger charge is -2.41. The van der Waals surface area contributed by atoms with Gasteiger partial charge in [0.05, 0.1) is 0 Å². The fraction of sp³-hybridized carbons (Fsp3) is 0.333. The highest BCUT2D eigenvalue weighted by Gasteiger charge is 2.36. The molecule has 0 aromatic heterocycles. The van der Waals surface area contributed by atoms with Crippen molar-refractivity contribution in [3.8, 4) is 11.8 Å². The number of rotatable bonds is 3. The van der Waals surface area contributed by atoms with Crippen LogP contribution in [0.15, 0.2) is 60.7 Å². The largest absolute Gasteiger partial charge is 0.275 e. The third-order valence-corrected chi connectivity index (χ3v) is 5.60. The van der Waals surface area contributed by atoms with Gasteiger partial charge in [0, 0.05) is 18.7 Å². The first-order chi connectivity index (χ1) is 11.3. The number of piperidine rings is 1. The van der Waals surface area contributed by atoms with E-state index in [-0.39, 0.29) is 4.87 Å². The van der Waals surface area contributed by atoms with Gasteiger partial charge < -0.3 is 0 Å². The van der Waals surface area contributed by atoms with Crippen LogP contribution >= 0.6 is 11.8 Å². The highest BCUT2D eigenvalue weighted by molar-refractivity contribution is 7.99. The van der Waals surface area contributed by atoms with Crippen LogP contribution in [0.5, 0.6) is 0 Å². The fourth-order valence-electron chi connectivity index (χ4n) is 3.18. The van der Waals surface area contributed by atoms with Crippen molar-refractivity contribution in [1.82, 2.24) is 4.90 Å². The van der Waals surface area contributed by atoms with Gasteiger partial charge in [0.1, 0.15) is 0 Å². The zero-order chi connectivity index (χ0) is 16.0. The van der Waals surface area contributed by atoms with E-state index in [1.807, 2.05) is 30.0 Å². The molecule has 0 amide bonds. The van der Waals surface area contributed by atoms with Crippen molar-refractivity contribution < 1.29 is 0 Å². The Kier molecular flexibility index (Phi) is 5.43. The average Bonchev–Trinajstić information content (AvgIpc) is 2.65. The molecule has 1 atom stereocenters. The summed E-state index contributed by atoms with van der Waals surface area (Å²) in [5.41, 5.74) is 2.37. The summed E-state index contributed by atoms with van der Waals surface area (Å²) < 4.78 is 0. The Morgan fingerprint density at radius 1 is 0.870 bits per heavy atom. The third kappa shape index (κ3) is 3.63. The Labute approximate surface area is 144 Å². The number of benzene rings is 2. The molecule has 3 rings (SSSR count). The maximum absolute atomic E-state index is 3.62. The predicted octanol–water partition coefficient (Wildman–Crippen LogP) is 4.74. The summed E-state index contributed by atoms with van der Waals surface area (Å²) in [6.45, 7) is 2.25. The minimum atomic E-state index is -0.252. The van der Waals surface area contributed by atoms with Gasteiger partial charge in [-0.1, -0.05) is 66.8 Å². The monoisotopic (exact) mass is 321 g/mol. The Morgan fingerprint density at radius 3 is 2.09 bits per heavy atom. The van der Waals surface area contributed by atoms with Gasteiger partial charge in [-0.3, -0.25) is 4.90 Å². The van der Waals surface area contributed by atoms with E-state index in [4.69, 9.17) is 0 Å². The molecule has 0 radical (unpaired) electrons. The predicted molar refractivity (Wildman–Crippen MR) is 100 cm³/mol. The number of nitrogens with zero attached hydrogens (tertiary/aromatic N) is 1. The normalized spacial score (nSPS) is 17.8. The summed E-state index contributed by atoms with van der Waals surface area (Å²) >= 11 is 1.85. The molecular formula is C21H23NS. The molecule has 1 heterocycles. The van der Waals surface area contributed by atoms with E-state index >= 15 is 0 Å². The molecule has 2 heteroatoms. The van der Waals surface area contributed by atoms with Crippen molar-refractivity contribution in [2.24, 2.45) is 0 Å². The fourth-order valence-corrected chi connectivity index (χ4v) is 4.15. The van der Waals surface area contributed by atoms with Gasteiger partial charge in [-0.25, -0.2) is 0 Å². The highest BCUT2D eigenvalue weighted by Crippen LogP contribution is 2.39. The van der Waals surface area contributed by atoms with Gasteiger partial charge in [-0.05, 0) is 36.8 Å². The van der Waals surface area contributed by atoms with Crippen LogP contribution < -0.4 is 0 Å². The van der Waals surface area contributed by atoms with Crippen LogP contribution in [0.1, 0.15) is 30.4 Å². The number of likely N-dealkylation sites (tertiary alicyclic amines) is 1. The number of hydrogen-bond acceptors (Lipinski definition) is 2. The van der Waals surface area contributed by atoms with Crippen molar-refractivity contribution in [3.05, 3.63) is 71.8 Å². The van der Waals surface area contributed by atoms with E-state index < -0.39 is 0 Å². The SMILES string of the molecule is CSC(C#Cc1ccccc1)(c1ccccc1)N1CCCCC1. The summed E-state index contributed by atoms with van der Waals surface area (Å²) in [5.74, 6) is 7.04. The van der Waals surface area contributed by atoms with E-state index in [1.165, 1.54) is 24.8 Å². The molecule has 0 aliphatic carbocycles. The topological polar surface area (TPSA) is 3.24 Å². The molecule has 1 aliphatic heterocycles. The second-order valence-electron chi connectivity index (χ2n) is 5.88. The zero-order valence-electron chi connectivity index (χ0n) is 13.7. The first-order valence-electron chi connectivity index (χ1n) is 8.29. The second kappa shape index (κ2) is 7.73. The summed E-state index contributed by atoms with van der Waals surface area (Å²) in [5, 5.41) is 0. The lowest BCUT2D eigenvalue weighted by atomic mass is 10.0. The van der Waals surface area contributed by atoms with Crippen molar-refractivity contribution in [2.45, 2.75) is 24.1 Å². The van der Waals surface area contributed by atoms with Gasteiger partial charge in [-0.2, -0.15) is 0 Å². The molecular weight excluding hydrogens is 298 g/mol. The Bertz CT molecular complexity index is 665. The number of hydrogen-bond donors (Lipinski definition) is 0. The first-order valence-corrected chi connectivity index (χ1v) is 9.51. The Balaban J connectivity index is 2.03. The third-order valence-electron chi connectivity index (χ3n) is 4.41. The van der Waals surface area contributed by atoms with Crippen molar-refractivity contribution in [1.29, 1.82) is 0 Å². The van der Waals surface area contributed by atoms with Gasteiger partial charge in [0.2, 0.25) is 0 Å². The molecule has 1 unspecified atom stereocenters. The van der Waals surface area contributed by atoms with Crippen molar-refractivity contribution >= 4 is 11.8 Å². The molecule has 23 heavy (non-hydrogen) atoms. The lowest BCUT2D eigenvalue weighted by molar-refractivity contribution is 0.175. The highest BCUT2D eigenvalue weighted by atomic mass is 32.2. The van der Waals surface area contributed by atoms with E-state index in [1.54, 1.807) is 0 Å². The molecule has 1 fully saturated rings. The van der Waals surface area contributed by atoms with Crippen LogP contribution in [-0.4, -0.2) is 24.2 Å². The average molecular weight is 321 g/mol. The smallest absolute Gasteiger partial charge is 0.155 e. The van der Waals surface area contributed by atoms with E-state index in [0.717, 1.165) is 18.7 Å². The van der Waals surface area contributed by atoms with E-state index in [0.29, 0.717) is 0 Å². The zero-order valence-corrected chi connectivity index (χ0v) is 14.5. The number of thioether (sulfide) groups is 1. The molecule has 0 bridgehead atoms. The van der Waals surface area contributed by atoms with Gasteiger partial charge in [-0.15, -0.1) is 11.8 Å². The van der Waals surface area contributed by atoms with Crippen LogP contribution in [0.2, 0.25) is 0 Å². The standard InChI is InChI=1S/C21H23NS/c1-23-21(20-13-7-3-8-14-20,22-17-9-4-10-18-22)16-15-19-11-5-2-6-12-19/h2-3,5-8,11-14H,4,9-10,17-18H2,1H3. The van der Waals surface area contributed by atoms with Gasteiger partial charge in [0.25, 0.3) is 0 Å². The summed E-state index contributed by atoms with van der Waals surface area (Å²) in [6.07, 6.45) is 6.05. The quantitative estimate of drug-likeness (QED) is 0.751. The first kappa shape index (κ1) is 16.2. The second-order valence-corrected chi connectivity index (χ2v) is 6.88. The molecule has 2 aromatic carbocycles. The summed E-state index contributed by atoms with van der Waals surface area (Å²) in [7, 11) is 0. The maximum atomic E-state index is 3.62. The summed E-state index contributed by atoms with van der Waals surface area (Å²) in [4.78, 5) is 2.31. The Morgan fingerprint density at radius 2 is 1.48 bits per heavy atom. The summed E-state index contributed by atoms with van der Waals surface area (Å²) in [6, 6.07) is 21.0. The van der Waals surface area contributed by atoms with Gasteiger partial charge in [0.15, 0.2) is 4.87 Å². The van der Waals surface area contributed by atoms with E-state index in [9.17, 15) is 0 Å². The van der Waals surface area contributed by atoms with Crippen molar-refractivity contribution in [3.63, 3.8) is 0 Å². The van der Waals surface area contributed by atoms with Crippen LogP contribution in [0.25, 0.3) is 0 Å². The minimum absolute atomic E-state index is 0.252. The molecule has 1 nitrogen and oxygen atoms in total. The van der Waals surface area contributed by atoms with Crippen LogP contribution in [0.4, 0.5) is 0 Å². The lowest BCUT2D eigenvalue weighted by Crippen LogP contribution is -2.45. The van der Waals surface area contributed by atoms with Crippen molar-refractivity contribution in [2.75, 3.05) is 19.3 Å². The molecule has 2 aromatic rings. The molecule has 0 spiro atoms. The molecule has 1 saturated heterocycles. The molecule has 0 saturated carbocycles. The van der Waals surface area contributed by atoms with Gasteiger partial charge >= 0.3 is 0 Å². The molecule has 0 N–H and O–H groups in total. The van der Waals surface area contributed by atoms with Crippen LogP contribution in [0.3, 0.4) is 0 Å². The maximum Gasteiger partial charge on any atom is 0.155 e.